The third kappa shape index (κ3) is 5.46. The number of ether oxygens (including phenoxy) is 1. The highest BCUT2D eigenvalue weighted by Gasteiger charge is 2.47. The summed E-state index contributed by atoms with van der Waals surface area (Å²) in [5.74, 6) is 6.98. The summed E-state index contributed by atoms with van der Waals surface area (Å²) in [5, 5.41) is 37.2. The zero-order chi connectivity index (χ0) is 23.1. The van der Waals surface area contributed by atoms with Gasteiger partial charge in [-0.25, -0.2) is 9.97 Å². The molecule has 32 heavy (non-hydrogen) atoms. The van der Waals surface area contributed by atoms with Crippen LogP contribution in [0.4, 0.5) is 11.8 Å². The van der Waals surface area contributed by atoms with E-state index >= 15 is 0 Å². The van der Waals surface area contributed by atoms with Gasteiger partial charge in [-0.1, -0.05) is 18.8 Å². The summed E-state index contributed by atoms with van der Waals surface area (Å²) < 4.78 is 5.36. The van der Waals surface area contributed by atoms with E-state index in [4.69, 9.17) is 4.74 Å². The average Bonchev–Trinajstić information content (AvgIpc) is 3.06. The minimum absolute atomic E-state index is 0.200. The van der Waals surface area contributed by atoms with Gasteiger partial charge in [0, 0.05) is 36.9 Å². The van der Waals surface area contributed by atoms with Crippen molar-refractivity contribution in [3.8, 4) is 17.7 Å². The lowest BCUT2D eigenvalue weighted by molar-refractivity contribution is -0.0545. The number of nitrogens with one attached hydrogen (secondary N) is 2. The van der Waals surface area contributed by atoms with Crippen LogP contribution in [0.1, 0.15) is 49.9 Å². The molecular formula is C23H31N5O4. The van der Waals surface area contributed by atoms with Crippen molar-refractivity contribution in [2.45, 2.75) is 51.9 Å². The fourth-order valence-corrected chi connectivity index (χ4v) is 3.58. The second kappa shape index (κ2) is 10.6. The quantitative estimate of drug-likeness (QED) is 0.306. The maximum absolute atomic E-state index is 11.0. The van der Waals surface area contributed by atoms with Crippen LogP contribution in [0.15, 0.2) is 18.3 Å². The maximum Gasteiger partial charge on any atom is 0.224 e. The van der Waals surface area contributed by atoms with Gasteiger partial charge < -0.3 is 30.7 Å². The van der Waals surface area contributed by atoms with Crippen LogP contribution >= 0.6 is 0 Å². The van der Waals surface area contributed by atoms with Crippen molar-refractivity contribution in [3.05, 3.63) is 35.2 Å². The average molecular weight is 442 g/mol. The van der Waals surface area contributed by atoms with Gasteiger partial charge in [-0.05, 0) is 39.2 Å². The normalized spacial score (nSPS) is 22.2. The highest BCUT2D eigenvalue weighted by molar-refractivity contribution is 5.61. The Bertz CT molecular complexity index is 973. The summed E-state index contributed by atoms with van der Waals surface area (Å²) in [4.78, 5) is 13.2. The fourth-order valence-electron chi connectivity index (χ4n) is 3.58. The number of rotatable bonds is 8. The molecule has 0 unspecified atom stereocenters. The molecule has 0 spiro atoms. The highest BCUT2D eigenvalue weighted by Crippen LogP contribution is 2.36. The summed E-state index contributed by atoms with van der Waals surface area (Å²) in [6.45, 7) is 6.78. The zero-order valence-corrected chi connectivity index (χ0v) is 18.7. The van der Waals surface area contributed by atoms with E-state index in [0.29, 0.717) is 54.0 Å². The third-order valence-electron chi connectivity index (χ3n) is 5.38. The van der Waals surface area contributed by atoms with E-state index in [9.17, 15) is 15.3 Å². The van der Waals surface area contributed by atoms with Gasteiger partial charge >= 0.3 is 0 Å². The van der Waals surface area contributed by atoms with Gasteiger partial charge in [0.2, 0.25) is 11.8 Å². The number of pyridine rings is 1. The van der Waals surface area contributed by atoms with Gasteiger partial charge in [-0.3, -0.25) is 0 Å². The molecule has 9 nitrogen and oxygen atoms in total. The largest absolute Gasteiger partial charge is 0.478 e. The Morgan fingerprint density at radius 1 is 1.25 bits per heavy atom. The molecule has 1 saturated carbocycles. The van der Waals surface area contributed by atoms with E-state index < -0.39 is 17.7 Å². The number of anilines is 2. The Hall–Kier alpha value is -2.93. The van der Waals surface area contributed by atoms with Gasteiger partial charge in [-0.15, -0.1) is 0 Å². The lowest BCUT2D eigenvalue weighted by Crippen LogP contribution is -2.48. The first-order chi connectivity index (χ1) is 15.4. The first kappa shape index (κ1) is 23.7. The fraction of sp³-hybridized carbons (Fsp3) is 0.522. The lowest BCUT2D eigenvalue weighted by Gasteiger charge is -2.30. The standard InChI is InChI=1S/C23H31N5O4/c1-4-12-24-22-26-15(3)18(8-6-16-7-9-19(25-13-16)32-5-2)21(27-22)28-23(31)11-10-17(14-29)20(23)30/h7,9,13,17,20,29-31H,4-5,10-12,14H2,1-3H3,(H2,24,26,27,28)/t17-,20-,23-/m1/s1. The summed E-state index contributed by atoms with van der Waals surface area (Å²) in [6, 6.07) is 3.56. The molecule has 172 valence electrons. The molecular weight excluding hydrogens is 410 g/mol. The van der Waals surface area contributed by atoms with E-state index in [-0.39, 0.29) is 13.0 Å². The van der Waals surface area contributed by atoms with Crippen LogP contribution in [0.5, 0.6) is 5.88 Å². The Kier molecular flexibility index (Phi) is 7.85. The summed E-state index contributed by atoms with van der Waals surface area (Å²) in [6.07, 6.45) is 2.16. The number of hydrogen-bond donors (Lipinski definition) is 5. The number of hydrogen-bond acceptors (Lipinski definition) is 9. The Labute approximate surface area is 188 Å². The second-order valence-electron chi connectivity index (χ2n) is 7.83. The van der Waals surface area contributed by atoms with Crippen LogP contribution in [0, 0.1) is 24.7 Å². The maximum atomic E-state index is 11.0. The summed E-state index contributed by atoms with van der Waals surface area (Å²) in [7, 11) is 0. The number of aliphatic hydroxyl groups excluding tert-OH is 2. The number of aromatic nitrogens is 3. The number of aryl methyl sites for hydroxylation is 1. The predicted molar refractivity (Wildman–Crippen MR) is 121 cm³/mol. The van der Waals surface area contributed by atoms with Gasteiger partial charge in [-0.2, -0.15) is 4.98 Å². The van der Waals surface area contributed by atoms with E-state index in [1.165, 1.54) is 0 Å². The van der Waals surface area contributed by atoms with Crippen molar-refractivity contribution >= 4 is 11.8 Å². The van der Waals surface area contributed by atoms with E-state index in [0.717, 1.165) is 6.42 Å². The molecule has 0 aromatic carbocycles. The molecule has 2 aromatic rings. The molecule has 3 atom stereocenters. The molecule has 0 amide bonds. The van der Waals surface area contributed by atoms with E-state index in [1.807, 2.05) is 26.8 Å². The Morgan fingerprint density at radius 3 is 2.69 bits per heavy atom. The summed E-state index contributed by atoms with van der Waals surface area (Å²) in [5.41, 5.74) is 0.205. The number of nitrogens with zero attached hydrogens (tertiary/aromatic N) is 3. The van der Waals surface area contributed by atoms with Crippen LogP contribution in [0.2, 0.25) is 0 Å². The van der Waals surface area contributed by atoms with Crippen molar-refractivity contribution in [2.24, 2.45) is 5.92 Å². The second-order valence-corrected chi connectivity index (χ2v) is 7.83. The van der Waals surface area contributed by atoms with Crippen molar-refractivity contribution in [2.75, 3.05) is 30.4 Å². The van der Waals surface area contributed by atoms with Gasteiger partial charge in [0.05, 0.1) is 17.9 Å². The molecule has 3 rings (SSSR count). The molecule has 0 aliphatic heterocycles. The van der Waals surface area contributed by atoms with Crippen molar-refractivity contribution in [1.82, 2.24) is 15.0 Å². The minimum atomic E-state index is -1.62. The molecule has 1 aliphatic rings. The van der Waals surface area contributed by atoms with Crippen LogP contribution in [-0.4, -0.2) is 61.9 Å². The van der Waals surface area contributed by atoms with Crippen LogP contribution in [0.25, 0.3) is 0 Å². The Morgan fingerprint density at radius 2 is 2.06 bits per heavy atom. The number of aliphatic hydroxyl groups is 3. The van der Waals surface area contributed by atoms with Crippen molar-refractivity contribution in [1.29, 1.82) is 0 Å². The first-order valence-electron chi connectivity index (χ1n) is 10.9. The molecule has 2 aromatic heterocycles. The van der Waals surface area contributed by atoms with Gasteiger partial charge in [0.25, 0.3) is 0 Å². The smallest absolute Gasteiger partial charge is 0.224 e. The predicted octanol–water partition coefficient (Wildman–Crippen LogP) is 1.66. The monoisotopic (exact) mass is 441 g/mol. The van der Waals surface area contributed by atoms with Gasteiger partial charge in [0.1, 0.15) is 11.9 Å². The molecule has 0 bridgehead atoms. The van der Waals surface area contributed by atoms with E-state index in [2.05, 4.69) is 37.4 Å². The van der Waals surface area contributed by atoms with Crippen molar-refractivity contribution < 1.29 is 20.1 Å². The van der Waals surface area contributed by atoms with Gasteiger partial charge in [0.15, 0.2) is 5.72 Å². The molecule has 5 N–H and O–H groups in total. The Balaban J connectivity index is 1.94. The molecule has 1 aliphatic carbocycles. The van der Waals surface area contributed by atoms with Crippen LogP contribution < -0.4 is 15.4 Å². The molecule has 0 radical (unpaired) electrons. The molecule has 0 saturated heterocycles. The SMILES string of the molecule is CCCNc1nc(C)c(C#Cc2ccc(OCC)nc2)c(N[C@@]2(O)CC[C@H](CO)[C@H]2O)n1. The lowest BCUT2D eigenvalue weighted by atomic mass is 10.0. The van der Waals surface area contributed by atoms with Crippen LogP contribution in [0.3, 0.4) is 0 Å². The highest BCUT2D eigenvalue weighted by atomic mass is 16.5. The minimum Gasteiger partial charge on any atom is -0.478 e. The van der Waals surface area contributed by atoms with E-state index in [1.54, 1.807) is 12.3 Å². The summed E-state index contributed by atoms with van der Waals surface area (Å²) >= 11 is 0. The first-order valence-corrected chi connectivity index (χ1v) is 10.9. The van der Waals surface area contributed by atoms with Crippen LogP contribution in [-0.2, 0) is 0 Å². The topological polar surface area (TPSA) is 133 Å². The molecule has 2 heterocycles. The third-order valence-corrected chi connectivity index (χ3v) is 5.38. The molecule has 9 heteroatoms. The molecule has 1 fully saturated rings. The zero-order valence-electron chi connectivity index (χ0n) is 18.7. The van der Waals surface area contributed by atoms with Crippen molar-refractivity contribution in [3.63, 3.8) is 0 Å².